The van der Waals surface area contributed by atoms with E-state index >= 15 is 0 Å². The Morgan fingerprint density at radius 3 is 2.67 bits per heavy atom. The third kappa shape index (κ3) is 4.29. The lowest BCUT2D eigenvalue weighted by Gasteiger charge is -2.12. The number of rotatable bonds is 4. The van der Waals surface area contributed by atoms with Gasteiger partial charge in [0, 0.05) is 6.20 Å². The van der Waals surface area contributed by atoms with E-state index in [1.165, 1.54) is 0 Å². The predicted octanol–water partition coefficient (Wildman–Crippen LogP) is 3.79. The maximum atomic E-state index is 11.9. The van der Waals surface area contributed by atoms with Crippen LogP contribution < -0.4 is 10.1 Å². The van der Waals surface area contributed by atoms with Gasteiger partial charge in [0.2, 0.25) is 0 Å². The second kappa shape index (κ2) is 6.72. The van der Waals surface area contributed by atoms with Gasteiger partial charge >= 0.3 is 0 Å². The van der Waals surface area contributed by atoms with Crippen molar-refractivity contribution in [3.8, 4) is 5.75 Å². The van der Waals surface area contributed by atoms with E-state index in [1.807, 2.05) is 45.0 Å². The molecule has 0 atom stereocenters. The summed E-state index contributed by atoms with van der Waals surface area (Å²) in [6.07, 6.45) is 1.66. The zero-order valence-corrected chi connectivity index (χ0v) is 13.8. The number of amides is 1. The Bertz CT molecular complexity index is 648. The summed E-state index contributed by atoms with van der Waals surface area (Å²) in [7, 11) is 0. The summed E-state index contributed by atoms with van der Waals surface area (Å²) in [5.74, 6) is 0.983. The third-order valence-electron chi connectivity index (χ3n) is 2.90. The topological polar surface area (TPSA) is 51.2 Å². The second-order valence-corrected chi connectivity index (χ2v) is 5.80. The lowest BCUT2D eigenvalue weighted by Crippen LogP contribution is -2.21. The Labute approximate surface area is 132 Å². The lowest BCUT2D eigenvalue weighted by molar-refractivity contribution is -0.118. The first-order valence-electron chi connectivity index (χ1n) is 6.58. The van der Waals surface area contributed by atoms with Crippen LogP contribution in [0.5, 0.6) is 5.75 Å². The number of benzene rings is 1. The first-order valence-corrected chi connectivity index (χ1v) is 7.37. The number of carbonyl (C=O) groups excluding carboxylic acids is 1. The Hall–Kier alpha value is -1.88. The largest absolute Gasteiger partial charge is 0.482 e. The van der Waals surface area contributed by atoms with Crippen molar-refractivity contribution >= 4 is 27.7 Å². The molecule has 0 saturated heterocycles. The number of pyridine rings is 1. The molecule has 1 heterocycles. The van der Waals surface area contributed by atoms with Gasteiger partial charge < -0.3 is 10.1 Å². The van der Waals surface area contributed by atoms with Gasteiger partial charge in [0.05, 0.1) is 4.47 Å². The molecule has 1 amide bonds. The summed E-state index contributed by atoms with van der Waals surface area (Å²) >= 11 is 3.46. The van der Waals surface area contributed by atoms with E-state index in [1.54, 1.807) is 6.20 Å². The van der Waals surface area contributed by atoms with Crippen LogP contribution in [-0.2, 0) is 4.79 Å². The number of hydrogen-bond acceptors (Lipinski definition) is 3. The number of carbonyl (C=O) groups is 1. The molecule has 0 bridgehead atoms. The van der Waals surface area contributed by atoms with Crippen LogP contribution in [0, 0.1) is 20.8 Å². The summed E-state index contributed by atoms with van der Waals surface area (Å²) in [6, 6.07) is 7.66. The minimum absolute atomic E-state index is 0.0574. The molecule has 0 aliphatic heterocycles. The molecule has 4 nitrogen and oxygen atoms in total. The van der Waals surface area contributed by atoms with Crippen molar-refractivity contribution in [1.82, 2.24) is 4.98 Å². The van der Waals surface area contributed by atoms with E-state index in [4.69, 9.17) is 4.74 Å². The molecule has 1 aromatic carbocycles. The van der Waals surface area contributed by atoms with Gasteiger partial charge in [-0.2, -0.15) is 0 Å². The number of anilines is 1. The Morgan fingerprint density at radius 1 is 1.24 bits per heavy atom. The van der Waals surface area contributed by atoms with E-state index in [9.17, 15) is 4.79 Å². The van der Waals surface area contributed by atoms with Crippen molar-refractivity contribution in [1.29, 1.82) is 0 Å². The Morgan fingerprint density at radius 2 is 2.00 bits per heavy atom. The highest BCUT2D eigenvalue weighted by Gasteiger charge is 2.10. The molecule has 21 heavy (non-hydrogen) atoms. The molecule has 0 radical (unpaired) electrons. The number of ether oxygens (including phenoxy) is 1. The van der Waals surface area contributed by atoms with Gasteiger partial charge in [-0.15, -0.1) is 0 Å². The maximum absolute atomic E-state index is 11.9. The maximum Gasteiger partial charge on any atom is 0.263 e. The van der Waals surface area contributed by atoms with Crippen molar-refractivity contribution < 1.29 is 9.53 Å². The molecular formula is C16H17BrN2O2. The average molecular weight is 349 g/mol. The minimum Gasteiger partial charge on any atom is -0.482 e. The predicted molar refractivity (Wildman–Crippen MR) is 86.7 cm³/mol. The van der Waals surface area contributed by atoms with Gasteiger partial charge in [0.15, 0.2) is 6.61 Å². The molecule has 0 aliphatic rings. The summed E-state index contributed by atoms with van der Waals surface area (Å²) in [5.41, 5.74) is 3.17. The summed E-state index contributed by atoms with van der Waals surface area (Å²) in [5, 5.41) is 2.71. The highest BCUT2D eigenvalue weighted by Crippen LogP contribution is 2.30. The summed E-state index contributed by atoms with van der Waals surface area (Å²) < 4.78 is 6.45. The molecule has 5 heteroatoms. The van der Waals surface area contributed by atoms with Crippen LogP contribution in [-0.4, -0.2) is 17.5 Å². The SMILES string of the molecule is Cc1ccnc(NC(=O)COc2c(C)cc(C)cc2Br)c1. The smallest absolute Gasteiger partial charge is 0.263 e. The molecule has 1 aromatic heterocycles. The Balaban J connectivity index is 1.99. The van der Waals surface area contributed by atoms with Crippen LogP contribution in [0.2, 0.25) is 0 Å². The fraction of sp³-hybridized carbons (Fsp3) is 0.250. The van der Waals surface area contributed by atoms with Crippen molar-refractivity contribution in [3.05, 3.63) is 51.6 Å². The number of nitrogens with one attached hydrogen (secondary N) is 1. The fourth-order valence-electron chi connectivity index (χ4n) is 2.01. The summed E-state index contributed by atoms with van der Waals surface area (Å²) in [4.78, 5) is 16.0. The van der Waals surface area contributed by atoms with E-state index < -0.39 is 0 Å². The average Bonchev–Trinajstić information content (AvgIpc) is 2.37. The molecule has 0 aliphatic carbocycles. The van der Waals surface area contributed by atoms with Crippen LogP contribution in [0.25, 0.3) is 0 Å². The highest BCUT2D eigenvalue weighted by atomic mass is 79.9. The van der Waals surface area contributed by atoms with Gasteiger partial charge in [0.25, 0.3) is 5.91 Å². The molecule has 0 saturated carbocycles. The van der Waals surface area contributed by atoms with Crippen LogP contribution >= 0.6 is 15.9 Å². The third-order valence-corrected chi connectivity index (χ3v) is 3.49. The van der Waals surface area contributed by atoms with Crippen LogP contribution in [0.4, 0.5) is 5.82 Å². The van der Waals surface area contributed by atoms with Crippen LogP contribution in [0.15, 0.2) is 34.9 Å². The number of aromatic nitrogens is 1. The van der Waals surface area contributed by atoms with Crippen molar-refractivity contribution in [2.24, 2.45) is 0 Å². The number of hydrogen-bond donors (Lipinski definition) is 1. The van der Waals surface area contributed by atoms with Crippen molar-refractivity contribution in [2.45, 2.75) is 20.8 Å². The Kier molecular flexibility index (Phi) is 4.96. The number of nitrogens with zero attached hydrogens (tertiary/aromatic N) is 1. The van der Waals surface area contributed by atoms with Crippen molar-refractivity contribution in [3.63, 3.8) is 0 Å². The van der Waals surface area contributed by atoms with Gasteiger partial charge in [-0.1, -0.05) is 6.07 Å². The van der Waals surface area contributed by atoms with Gasteiger partial charge in [-0.25, -0.2) is 4.98 Å². The molecule has 0 fully saturated rings. The monoisotopic (exact) mass is 348 g/mol. The van der Waals surface area contributed by atoms with Gasteiger partial charge in [-0.3, -0.25) is 4.79 Å². The van der Waals surface area contributed by atoms with E-state index in [-0.39, 0.29) is 12.5 Å². The van der Waals surface area contributed by atoms with Gasteiger partial charge in [-0.05, 0) is 71.6 Å². The van der Waals surface area contributed by atoms with E-state index in [0.29, 0.717) is 11.6 Å². The first-order chi connectivity index (χ1) is 9.95. The van der Waals surface area contributed by atoms with Crippen molar-refractivity contribution in [2.75, 3.05) is 11.9 Å². The normalized spacial score (nSPS) is 10.3. The highest BCUT2D eigenvalue weighted by molar-refractivity contribution is 9.10. The minimum atomic E-state index is -0.236. The molecule has 1 N–H and O–H groups in total. The molecular weight excluding hydrogens is 332 g/mol. The van der Waals surface area contributed by atoms with Gasteiger partial charge in [0.1, 0.15) is 11.6 Å². The van der Waals surface area contributed by atoms with E-state index in [2.05, 4.69) is 26.2 Å². The quantitative estimate of drug-likeness (QED) is 0.914. The molecule has 2 rings (SSSR count). The standard InChI is InChI=1S/C16H17BrN2O2/c1-10-4-5-18-14(8-10)19-15(20)9-21-16-12(3)6-11(2)7-13(16)17/h4-8H,9H2,1-3H3,(H,18,19,20). The molecule has 2 aromatic rings. The fourth-order valence-corrected chi connectivity index (χ4v) is 2.79. The molecule has 0 spiro atoms. The van der Waals surface area contributed by atoms with Crippen LogP contribution in [0.3, 0.4) is 0 Å². The second-order valence-electron chi connectivity index (χ2n) is 4.95. The first kappa shape index (κ1) is 15.5. The van der Waals surface area contributed by atoms with Crippen LogP contribution in [0.1, 0.15) is 16.7 Å². The molecule has 110 valence electrons. The zero-order valence-electron chi connectivity index (χ0n) is 12.2. The number of halogens is 1. The van der Waals surface area contributed by atoms with E-state index in [0.717, 1.165) is 21.2 Å². The number of aryl methyl sites for hydroxylation is 3. The molecule has 0 unspecified atom stereocenters. The lowest BCUT2D eigenvalue weighted by atomic mass is 10.1. The summed E-state index contributed by atoms with van der Waals surface area (Å²) in [6.45, 7) is 5.85. The zero-order chi connectivity index (χ0) is 15.4.